The van der Waals surface area contributed by atoms with Crippen LogP contribution in [0.25, 0.3) is 0 Å². The second kappa shape index (κ2) is 14.2. The summed E-state index contributed by atoms with van der Waals surface area (Å²) in [5, 5.41) is 0. The van der Waals surface area contributed by atoms with Gasteiger partial charge in [0.15, 0.2) is 11.6 Å². The van der Waals surface area contributed by atoms with Crippen LogP contribution in [0.2, 0.25) is 0 Å². The monoisotopic (exact) mass is 673 g/mol. The van der Waals surface area contributed by atoms with E-state index >= 15 is 0 Å². The fourth-order valence-corrected chi connectivity index (χ4v) is 7.88. The predicted octanol–water partition coefficient (Wildman–Crippen LogP) is 4.80. The maximum Gasteiger partial charge on any atom is 0.257 e. The SMILES string of the molecule is CCN(C(=O)c1cc(F)ccc1Oc1cncnc1N1CC2(CC(Oc3ccnc4c3CN(CC[C@H]3COCCN3C)CC4)C2)C1)C(C)C. The number of fused-ring (bicyclic) bond motifs is 1. The highest BCUT2D eigenvalue weighted by molar-refractivity contribution is 5.97. The van der Waals surface area contributed by atoms with Gasteiger partial charge in [-0.1, -0.05) is 0 Å². The lowest BCUT2D eigenvalue weighted by molar-refractivity contribution is -0.0353. The minimum atomic E-state index is -0.491. The number of aromatic nitrogens is 3. The number of ether oxygens (including phenoxy) is 3. The largest absolute Gasteiger partial charge is 0.490 e. The van der Waals surface area contributed by atoms with Gasteiger partial charge in [-0.05, 0) is 71.3 Å². The van der Waals surface area contributed by atoms with Gasteiger partial charge in [-0.3, -0.25) is 19.6 Å². The maximum absolute atomic E-state index is 14.3. The molecule has 2 saturated heterocycles. The third kappa shape index (κ3) is 7.09. The van der Waals surface area contributed by atoms with E-state index in [-0.39, 0.29) is 34.8 Å². The molecular weight excluding hydrogens is 625 g/mol. The van der Waals surface area contributed by atoms with Crippen molar-refractivity contribution < 1.29 is 23.4 Å². The average molecular weight is 674 g/mol. The van der Waals surface area contributed by atoms with E-state index in [9.17, 15) is 9.18 Å². The van der Waals surface area contributed by atoms with Crippen molar-refractivity contribution in [1.29, 1.82) is 0 Å². The second-order valence-corrected chi connectivity index (χ2v) is 14.4. The molecule has 0 unspecified atom stereocenters. The van der Waals surface area contributed by atoms with E-state index in [0.29, 0.717) is 24.2 Å². The minimum absolute atomic E-state index is 0.0372. The molecule has 12 heteroatoms. The maximum atomic E-state index is 14.3. The molecule has 49 heavy (non-hydrogen) atoms. The first-order valence-corrected chi connectivity index (χ1v) is 17.7. The number of rotatable bonds is 11. The number of carbonyl (C=O) groups excluding carboxylic acids is 1. The molecule has 1 spiro atoms. The van der Waals surface area contributed by atoms with Gasteiger partial charge >= 0.3 is 0 Å². The van der Waals surface area contributed by atoms with Crippen molar-refractivity contribution in [3.05, 3.63) is 65.6 Å². The Morgan fingerprint density at radius 3 is 2.76 bits per heavy atom. The van der Waals surface area contributed by atoms with E-state index in [2.05, 4.69) is 31.7 Å². The van der Waals surface area contributed by atoms with Crippen molar-refractivity contribution in [2.45, 2.75) is 71.2 Å². The number of hydrogen-bond acceptors (Lipinski definition) is 10. The van der Waals surface area contributed by atoms with Crippen molar-refractivity contribution in [2.75, 3.05) is 64.4 Å². The molecule has 1 aliphatic carbocycles. The molecule has 0 N–H and O–H groups in total. The van der Waals surface area contributed by atoms with Gasteiger partial charge in [0.05, 0.1) is 25.0 Å². The summed E-state index contributed by atoms with van der Waals surface area (Å²) in [6.07, 6.45) is 9.14. The molecule has 3 aromatic rings. The fraction of sp³-hybridized carbons (Fsp3) is 0.568. The summed E-state index contributed by atoms with van der Waals surface area (Å²) in [4.78, 5) is 35.6. The lowest BCUT2D eigenvalue weighted by Crippen LogP contribution is -2.65. The average Bonchev–Trinajstić information content (AvgIpc) is 3.06. The van der Waals surface area contributed by atoms with Crippen molar-refractivity contribution in [2.24, 2.45) is 5.41 Å². The Balaban J connectivity index is 0.960. The number of benzene rings is 1. The first-order chi connectivity index (χ1) is 23.7. The molecule has 1 atom stereocenters. The van der Waals surface area contributed by atoms with Crippen LogP contribution in [0.3, 0.4) is 0 Å². The summed E-state index contributed by atoms with van der Waals surface area (Å²) in [7, 11) is 2.20. The smallest absolute Gasteiger partial charge is 0.257 e. The zero-order chi connectivity index (χ0) is 34.1. The summed E-state index contributed by atoms with van der Waals surface area (Å²) in [6.45, 7) is 13.5. The first-order valence-electron chi connectivity index (χ1n) is 17.7. The van der Waals surface area contributed by atoms with Crippen LogP contribution in [0, 0.1) is 11.2 Å². The van der Waals surface area contributed by atoms with Gasteiger partial charge in [0.1, 0.15) is 29.7 Å². The number of morpholine rings is 1. The molecule has 5 heterocycles. The van der Waals surface area contributed by atoms with Crippen molar-refractivity contribution >= 4 is 11.7 Å². The molecule has 0 radical (unpaired) electrons. The molecule has 1 amide bonds. The van der Waals surface area contributed by atoms with Crippen LogP contribution in [-0.4, -0.2) is 113 Å². The Bertz CT molecular complexity index is 1640. The lowest BCUT2D eigenvalue weighted by atomic mass is 9.61. The van der Waals surface area contributed by atoms with Crippen LogP contribution < -0.4 is 14.4 Å². The molecule has 7 rings (SSSR count). The molecule has 11 nitrogen and oxygen atoms in total. The molecule has 1 saturated carbocycles. The van der Waals surface area contributed by atoms with Crippen molar-refractivity contribution in [1.82, 2.24) is 29.7 Å². The Kier molecular flexibility index (Phi) is 9.72. The van der Waals surface area contributed by atoms with Crippen molar-refractivity contribution in [3.63, 3.8) is 0 Å². The lowest BCUT2D eigenvalue weighted by Gasteiger charge is -2.59. The van der Waals surface area contributed by atoms with Crippen LogP contribution >= 0.6 is 0 Å². The highest BCUT2D eigenvalue weighted by Crippen LogP contribution is 2.52. The van der Waals surface area contributed by atoms with Gasteiger partial charge in [0.25, 0.3) is 5.91 Å². The summed E-state index contributed by atoms with van der Waals surface area (Å²) < 4.78 is 32.9. The third-order valence-electron chi connectivity index (χ3n) is 10.7. The number of halogens is 1. The molecule has 2 aromatic heterocycles. The summed E-state index contributed by atoms with van der Waals surface area (Å²) >= 11 is 0. The molecule has 3 fully saturated rings. The number of pyridine rings is 1. The Morgan fingerprint density at radius 2 is 1.98 bits per heavy atom. The van der Waals surface area contributed by atoms with Gasteiger partial charge in [0, 0.05) is 87.2 Å². The van der Waals surface area contributed by atoms with E-state index in [1.54, 1.807) is 11.1 Å². The number of hydrogen-bond donors (Lipinski definition) is 0. The molecule has 3 aliphatic heterocycles. The van der Waals surface area contributed by atoms with Gasteiger partial charge in [-0.25, -0.2) is 14.4 Å². The predicted molar refractivity (Wildman–Crippen MR) is 184 cm³/mol. The Hall–Kier alpha value is -3.87. The number of nitrogens with zero attached hydrogens (tertiary/aromatic N) is 7. The van der Waals surface area contributed by atoms with E-state index < -0.39 is 5.82 Å². The van der Waals surface area contributed by atoms with Crippen molar-refractivity contribution in [3.8, 4) is 17.2 Å². The standard InChI is InChI=1S/C37H48FN7O4/c1-5-45(25(2)3)36(46)29-16-26(38)6-7-32(29)49-34-19-39-24-41-35(34)44-22-37(23-44)17-28(18-37)48-33-8-11-40-31-10-13-43(20-30(31)33)12-9-27-21-47-15-14-42(27)4/h6-8,11,16,19,24-25,27-28H,5,9-10,12-15,17-18,20-23H2,1-4H3/t27-/m0/s1. The number of likely N-dealkylation sites (N-methyl/N-ethyl adjacent to an activating group) is 1. The first kappa shape index (κ1) is 33.6. The van der Waals surface area contributed by atoms with Crippen LogP contribution in [-0.2, 0) is 17.7 Å². The summed E-state index contributed by atoms with van der Waals surface area (Å²) in [5.74, 6) is 1.59. The molecule has 262 valence electrons. The molecule has 1 aromatic carbocycles. The number of anilines is 1. The Morgan fingerprint density at radius 1 is 1.14 bits per heavy atom. The van der Waals surface area contributed by atoms with Gasteiger partial charge in [-0.2, -0.15) is 0 Å². The van der Waals surface area contributed by atoms with Crippen LogP contribution in [0.5, 0.6) is 17.2 Å². The highest BCUT2D eigenvalue weighted by Gasteiger charge is 2.54. The second-order valence-electron chi connectivity index (χ2n) is 14.4. The third-order valence-corrected chi connectivity index (χ3v) is 10.7. The van der Waals surface area contributed by atoms with E-state index in [0.717, 1.165) is 89.6 Å². The summed E-state index contributed by atoms with van der Waals surface area (Å²) in [6, 6.07) is 6.51. The topological polar surface area (TPSA) is 96.4 Å². The molecule has 0 bridgehead atoms. The highest BCUT2D eigenvalue weighted by atomic mass is 19.1. The summed E-state index contributed by atoms with van der Waals surface area (Å²) in [5.41, 5.74) is 2.73. The fourth-order valence-electron chi connectivity index (χ4n) is 7.88. The zero-order valence-electron chi connectivity index (χ0n) is 29.1. The number of carbonyl (C=O) groups is 1. The van der Waals surface area contributed by atoms with E-state index in [1.807, 2.05) is 33.0 Å². The minimum Gasteiger partial charge on any atom is -0.490 e. The molecular formula is C37H48FN7O4. The number of amides is 1. The Labute approximate surface area is 288 Å². The van der Waals surface area contributed by atoms with E-state index in [4.69, 9.17) is 19.2 Å². The van der Waals surface area contributed by atoms with Crippen LogP contribution in [0.15, 0.2) is 43.0 Å². The van der Waals surface area contributed by atoms with Crippen LogP contribution in [0.4, 0.5) is 10.2 Å². The molecule has 4 aliphatic rings. The zero-order valence-corrected chi connectivity index (χ0v) is 29.1. The quantitative estimate of drug-likeness (QED) is 0.283. The van der Waals surface area contributed by atoms with Gasteiger partial charge < -0.3 is 24.0 Å². The van der Waals surface area contributed by atoms with Gasteiger partial charge in [0.2, 0.25) is 0 Å². The van der Waals surface area contributed by atoms with E-state index in [1.165, 1.54) is 30.1 Å². The van der Waals surface area contributed by atoms with Crippen LogP contribution in [0.1, 0.15) is 61.6 Å². The van der Waals surface area contributed by atoms with Gasteiger partial charge in [-0.15, -0.1) is 0 Å². The normalized spacial score (nSPS) is 20.9.